The van der Waals surface area contributed by atoms with Crippen molar-refractivity contribution in [3.8, 4) is 0 Å². The summed E-state index contributed by atoms with van der Waals surface area (Å²) in [5, 5.41) is 3.65. The number of fused-ring (bicyclic) bond motifs is 2. The minimum absolute atomic E-state index is 0.190. The third kappa shape index (κ3) is 0.861. The Morgan fingerprint density at radius 1 is 0.950 bits per heavy atom. The van der Waals surface area contributed by atoms with Crippen LogP contribution in [-0.2, 0) is 4.79 Å². The lowest BCUT2D eigenvalue weighted by Gasteiger charge is -2.46. The van der Waals surface area contributed by atoms with Crippen LogP contribution in [-0.4, -0.2) is 11.8 Å². The zero-order chi connectivity index (χ0) is 13.2. The number of carbonyl (C=O) groups excluding carboxylic acids is 1. The lowest BCUT2D eigenvalue weighted by molar-refractivity contribution is -0.133. The molecular weight excluding hydrogens is 253 g/mol. The number of hydrogen-bond acceptors (Lipinski definition) is 2. The second-order valence-corrected chi connectivity index (χ2v) is 7.50. The molecule has 102 valence electrons. The first-order valence-electron chi connectivity index (χ1n) is 7.81. The van der Waals surface area contributed by atoms with Crippen molar-refractivity contribution in [2.24, 2.45) is 47.3 Å². The summed E-state index contributed by atoms with van der Waals surface area (Å²) in [7, 11) is 0. The average Bonchev–Trinajstić information content (AvgIpc) is 2.93. The minimum Gasteiger partial charge on any atom is -0.382 e. The Bertz CT molecular complexity index is 641. The van der Waals surface area contributed by atoms with Crippen LogP contribution in [0.4, 0.5) is 10.1 Å². The van der Waals surface area contributed by atoms with Gasteiger partial charge in [-0.25, -0.2) is 4.39 Å². The topological polar surface area (TPSA) is 29.1 Å². The minimum atomic E-state index is -0.190. The van der Waals surface area contributed by atoms with Gasteiger partial charge >= 0.3 is 0 Å². The number of Topliss-reactive ketones (excluding diaryl/α,β-unsaturated/α-hetero) is 1. The molecule has 5 aliphatic rings. The van der Waals surface area contributed by atoms with Gasteiger partial charge in [-0.1, -0.05) is 0 Å². The van der Waals surface area contributed by atoms with Gasteiger partial charge < -0.3 is 5.32 Å². The standard InChI is InChI=1S/C17H16FNO/c18-6-1-3-7(4-2-6)19-16-12-8-5-9-11-10(8)14(16)15(11)17(20)13(9)12/h1-4,8-16,19H,5H2. The number of ketones is 1. The van der Waals surface area contributed by atoms with Gasteiger partial charge in [0, 0.05) is 23.6 Å². The van der Waals surface area contributed by atoms with E-state index in [0.717, 1.165) is 29.4 Å². The molecule has 6 rings (SSSR count). The first kappa shape index (κ1) is 10.4. The van der Waals surface area contributed by atoms with E-state index in [1.807, 2.05) is 12.1 Å². The Labute approximate surface area is 116 Å². The quantitative estimate of drug-likeness (QED) is 0.894. The number of rotatable bonds is 2. The molecule has 0 saturated heterocycles. The Kier molecular flexibility index (Phi) is 1.53. The van der Waals surface area contributed by atoms with E-state index in [-0.39, 0.29) is 5.82 Å². The molecule has 0 radical (unpaired) electrons. The van der Waals surface area contributed by atoms with E-state index in [9.17, 15) is 9.18 Å². The summed E-state index contributed by atoms with van der Waals surface area (Å²) in [6.45, 7) is 0. The van der Waals surface area contributed by atoms with Gasteiger partial charge in [-0.3, -0.25) is 4.79 Å². The molecule has 0 amide bonds. The van der Waals surface area contributed by atoms with Gasteiger partial charge in [0.05, 0.1) is 0 Å². The monoisotopic (exact) mass is 269 g/mol. The third-order valence-electron chi connectivity index (χ3n) is 7.29. The van der Waals surface area contributed by atoms with E-state index in [2.05, 4.69) is 5.32 Å². The van der Waals surface area contributed by atoms with Crippen LogP contribution >= 0.6 is 0 Å². The Balaban J connectivity index is 1.39. The molecule has 5 saturated carbocycles. The normalized spacial score (nSPS) is 55.6. The molecule has 5 fully saturated rings. The molecule has 9 atom stereocenters. The molecule has 1 aromatic carbocycles. The first-order valence-corrected chi connectivity index (χ1v) is 7.81. The fourth-order valence-corrected chi connectivity index (χ4v) is 7.09. The van der Waals surface area contributed by atoms with Crippen molar-refractivity contribution in [2.75, 3.05) is 5.32 Å². The van der Waals surface area contributed by atoms with E-state index in [1.54, 1.807) is 0 Å². The molecule has 0 spiro atoms. The zero-order valence-corrected chi connectivity index (χ0v) is 11.0. The van der Waals surface area contributed by atoms with Crippen LogP contribution in [0.5, 0.6) is 0 Å². The largest absolute Gasteiger partial charge is 0.382 e. The predicted molar refractivity (Wildman–Crippen MR) is 71.4 cm³/mol. The molecule has 20 heavy (non-hydrogen) atoms. The van der Waals surface area contributed by atoms with Crippen molar-refractivity contribution in [3.05, 3.63) is 30.1 Å². The molecule has 9 unspecified atom stereocenters. The van der Waals surface area contributed by atoms with Gasteiger partial charge in [-0.2, -0.15) is 0 Å². The summed E-state index contributed by atoms with van der Waals surface area (Å²) >= 11 is 0. The maximum absolute atomic E-state index is 13.0. The summed E-state index contributed by atoms with van der Waals surface area (Å²) < 4.78 is 13.0. The molecule has 0 aromatic heterocycles. The molecule has 5 aliphatic carbocycles. The molecule has 2 bridgehead atoms. The lowest BCUT2D eigenvalue weighted by atomic mass is 9.58. The number of halogens is 1. The van der Waals surface area contributed by atoms with Crippen LogP contribution in [0.3, 0.4) is 0 Å². The fourth-order valence-electron chi connectivity index (χ4n) is 7.09. The van der Waals surface area contributed by atoms with E-state index < -0.39 is 0 Å². The van der Waals surface area contributed by atoms with Gasteiger partial charge in [0.15, 0.2) is 0 Å². The zero-order valence-electron chi connectivity index (χ0n) is 11.0. The summed E-state index contributed by atoms with van der Waals surface area (Å²) in [5.74, 6) is 5.41. The maximum Gasteiger partial charge on any atom is 0.140 e. The Morgan fingerprint density at radius 2 is 1.75 bits per heavy atom. The second kappa shape index (κ2) is 2.95. The van der Waals surface area contributed by atoms with Crippen LogP contribution in [0.25, 0.3) is 0 Å². The third-order valence-corrected chi connectivity index (χ3v) is 7.29. The number of benzene rings is 1. The van der Waals surface area contributed by atoms with Gasteiger partial charge in [-0.15, -0.1) is 0 Å². The number of nitrogens with one attached hydrogen (secondary N) is 1. The van der Waals surface area contributed by atoms with Crippen molar-refractivity contribution in [1.82, 2.24) is 0 Å². The van der Waals surface area contributed by atoms with Gasteiger partial charge in [0.25, 0.3) is 0 Å². The van der Waals surface area contributed by atoms with Crippen LogP contribution in [0, 0.1) is 53.2 Å². The highest BCUT2D eigenvalue weighted by molar-refractivity contribution is 5.91. The van der Waals surface area contributed by atoms with Crippen molar-refractivity contribution in [1.29, 1.82) is 0 Å². The molecule has 0 aliphatic heterocycles. The maximum atomic E-state index is 13.0. The van der Waals surface area contributed by atoms with E-state index in [1.165, 1.54) is 18.6 Å². The van der Waals surface area contributed by atoms with Crippen molar-refractivity contribution >= 4 is 11.5 Å². The summed E-state index contributed by atoms with van der Waals surface area (Å²) in [4.78, 5) is 12.5. The van der Waals surface area contributed by atoms with Crippen LogP contribution < -0.4 is 5.32 Å². The van der Waals surface area contributed by atoms with Gasteiger partial charge in [0.2, 0.25) is 0 Å². The van der Waals surface area contributed by atoms with E-state index in [4.69, 9.17) is 0 Å². The fraction of sp³-hybridized carbons (Fsp3) is 0.588. The Morgan fingerprint density at radius 3 is 2.55 bits per heavy atom. The Hall–Kier alpha value is -1.38. The first-order chi connectivity index (χ1) is 9.75. The molecule has 1 aromatic rings. The van der Waals surface area contributed by atoms with Crippen molar-refractivity contribution < 1.29 is 9.18 Å². The van der Waals surface area contributed by atoms with Crippen LogP contribution in [0.1, 0.15) is 6.42 Å². The SMILES string of the molecule is O=C1C2C3CC4C2C(Nc2ccc(F)cc2)C2C1C3C42. The second-order valence-electron chi connectivity index (χ2n) is 7.50. The highest BCUT2D eigenvalue weighted by Gasteiger charge is 2.83. The van der Waals surface area contributed by atoms with Crippen molar-refractivity contribution in [2.45, 2.75) is 12.5 Å². The summed E-state index contributed by atoms with van der Waals surface area (Å²) in [5.41, 5.74) is 1.01. The van der Waals surface area contributed by atoms with Crippen LogP contribution in [0.15, 0.2) is 24.3 Å². The van der Waals surface area contributed by atoms with E-state index in [0.29, 0.717) is 35.5 Å². The number of carbonyl (C=O) groups is 1. The molecular formula is C17H16FNO. The number of anilines is 1. The van der Waals surface area contributed by atoms with Gasteiger partial charge in [-0.05, 0) is 66.2 Å². The van der Waals surface area contributed by atoms with Gasteiger partial charge in [0.1, 0.15) is 11.6 Å². The summed E-state index contributed by atoms with van der Waals surface area (Å²) in [6.07, 6.45) is 1.31. The smallest absolute Gasteiger partial charge is 0.140 e. The average molecular weight is 269 g/mol. The van der Waals surface area contributed by atoms with Crippen LogP contribution in [0.2, 0.25) is 0 Å². The predicted octanol–water partition coefficient (Wildman–Crippen LogP) is 2.56. The molecule has 1 N–H and O–H groups in total. The molecule has 2 nitrogen and oxygen atoms in total. The number of hydrogen-bond donors (Lipinski definition) is 1. The lowest BCUT2D eigenvalue weighted by Crippen LogP contribution is -2.52. The molecule has 0 heterocycles. The van der Waals surface area contributed by atoms with E-state index >= 15 is 0 Å². The van der Waals surface area contributed by atoms with Crippen molar-refractivity contribution in [3.63, 3.8) is 0 Å². The summed E-state index contributed by atoms with van der Waals surface area (Å²) in [6, 6.07) is 7.14. The highest BCUT2D eigenvalue weighted by atomic mass is 19.1. The molecule has 3 heteroatoms. The highest BCUT2D eigenvalue weighted by Crippen LogP contribution is 2.81.